The highest BCUT2D eigenvalue weighted by molar-refractivity contribution is 8.01. The van der Waals surface area contributed by atoms with Gasteiger partial charge in [-0.25, -0.2) is 4.79 Å². The summed E-state index contributed by atoms with van der Waals surface area (Å²) in [6, 6.07) is -0.429. The second-order valence-corrected chi connectivity index (χ2v) is 6.80. The molecule has 1 saturated carbocycles. The van der Waals surface area contributed by atoms with E-state index in [-0.39, 0.29) is 22.2 Å². The van der Waals surface area contributed by atoms with Gasteiger partial charge in [-0.2, -0.15) is 0 Å². The summed E-state index contributed by atoms with van der Waals surface area (Å²) < 4.78 is 0. The molecule has 7 heteroatoms. The topological polar surface area (TPSA) is 70.0 Å². The fourth-order valence-corrected chi connectivity index (χ4v) is 4.41. The molecule has 0 aromatic carbocycles. The molecule has 1 aliphatic carbocycles. The van der Waals surface area contributed by atoms with Gasteiger partial charge in [-0.3, -0.25) is 14.7 Å². The number of β-lactam (4-membered cyclic amide) rings is 1. The van der Waals surface area contributed by atoms with E-state index in [1.807, 2.05) is 0 Å². The quantitative estimate of drug-likeness (QED) is 0.637. The first kappa shape index (κ1) is 13.9. The first-order valence-corrected chi connectivity index (χ1v) is 8.14. The lowest BCUT2D eigenvalue weighted by molar-refractivity contribution is -0.147. The van der Waals surface area contributed by atoms with Gasteiger partial charge in [0.05, 0.1) is 0 Å². The summed E-state index contributed by atoms with van der Waals surface area (Å²) >= 11 is 7.37. The SMILES string of the molecule is O=C(O)C1=CC(CCl)S[C@@H]2[C@H](N=C3CCCC3)C(=O)N12. The Hall–Kier alpha value is -1.01. The van der Waals surface area contributed by atoms with Crippen molar-refractivity contribution in [3.63, 3.8) is 0 Å². The number of carbonyl (C=O) groups is 2. The molecule has 2 heterocycles. The normalized spacial score (nSPS) is 32.5. The van der Waals surface area contributed by atoms with Gasteiger partial charge in [0.15, 0.2) is 6.04 Å². The van der Waals surface area contributed by atoms with Crippen LogP contribution in [0, 0.1) is 0 Å². The van der Waals surface area contributed by atoms with Gasteiger partial charge in [-0.15, -0.1) is 23.4 Å². The Morgan fingerprint density at radius 1 is 1.50 bits per heavy atom. The van der Waals surface area contributed by atoms with Crippen molar-refractivity contribution in [2.45, 2.75) is 42.3 Å². The van der Waals surface area contributed by atoms with E-state index in [1.54, 1.807) is 6.08 Å². The third-order valence-corrected chi connectivity index (χ3v) is 5.72. The van der Waals surface area contributed by atoms with Gasteiger partial charge in [0.25, 0.3) is 5.91 Å². The van der Waals surface area contributed by atoms with Crippen molar-refractivity contribution in [1.29, 1.82) is 0 Å². The van der Waals surface area contributed by atoms with Crippen LogP contribution in [0.25, 0.3) is 0 Å². The van der Waals surface area contributed by atoms with Crippen molar-refractivity contribution in [3.05, 3.63) is 11.8 Å². The maximum atomic E-state index is 12.2. The highest BCUT2D eigenvalue weighted by atomic mass is 35.5. The number of aliphatic imine (C=N–C) groups is 1. The first-order valence-electron chi connectivity index (χ1n) is 6.67. The summed E-state index contributed by atoms with van der Waals surface area (Å²) in [6.07, 6.45) is 5.74. The summed E-state index contributed by atoms with van der Waals surface area (Å²) in [5, 5.41) is 8.92. The van der Waals surface area contributed by atoms with Crippen molar-refractivity contribution in [1.82, 2.24) is 4.90 Å². The number of halogens is 1. The van der Waals surface area contributed by atoms with Crippen LogP contribution in [-0.2, 0) is 9.59 Å². The van der Waals surface area contributed by atoms with Crippen molar-refractivity contribution in [3.8, 4) is 0 Å². The number of carbonyl (C=O) groups excluding carboxylic acids is 1. The number of fused-ring (bicyclic) bond motifs is 1. The van der Waals surface area contributed by atoms with E-state index in [2.05, 4.69) is 4.99 Å². The molecule has 2 fully saturated rings. The number of carboxylic acids is 1. The Kier molecular flexibility index (Phi) is 3.77. The summed E-state index contributed by atoms with van der Waals surface area (Å²) in [5.74, 6) is -0.946. The van der Waals surface area contributed by atoms with E-state index in [9.17, 15) is 14.7 Å². The van der Waals surface area contributed by atoms with Crippen LogP contribution in [0.1, 0.15) is 25.7 Å². The Balaban J connectivity index is 1.83. The third-order valence-electron chi connectivity index (χ3n) is 3.81. The summed E-state index contributed by atoms with van der Waals surface area (Å²) in [4.78, 5) is 29.3. The number of alkyl halides is 1. The molecule has 3 aliphatic rings. The first-order chi connectivity index (χ1) is 9.61. The van der Waals surface area contributed by atoms with Gasteiger partial charge >= 0.3 is 5.97 Å². The molecule has 1 saturated heterocycles. The molecule has 20 heavy (non-hydrogen) atoms. The molecular weight excluding hydrogens is 300 g/mol. The van der Waals surface area contributed by atoms with Gasteiger partial charge in [-0.05, 0) is 31.8 Å². The van der Waals surface area contributed by atoms with Crippen LogP contribution < -0.4 is 0 Å². The fraction of sp³-hybridized carbons (Fsp3) is 0.615. The van der Waals surface area contributed by atoms with E-state index in [4.69, 9.17) is 11.6 Å². The van der Waals surface area contributed by atoms with E-state index >= 15 is 0 Å². The van der Waals surface area contributed by atoms with Gasteiger partial charge in [0.2, 0.25) is 0 Å². The highest BCUT2D eigenvalue weighted by Gasteiger charge is 2.53. The maximum Gasteiger partial charge on any atom is 0.352 e. The number of rotatable bonds is 3. The zero-order chi connectivity index (χ0) is 14.3. The van der Waals surface area contributed by atoms with E-state index < -0.39 is 12.0 Å². The minimum absolute atomic E-state index is 0.0484. The number of aliphatic carboxylic acids is 1. The second-order valence-electron chi connectivity index (χ2n) is 5.13. The maximum absolute atomic E-state index is 12.2. The van der Waals surface area contributed by atoms with Crippen LogP contribution in [0.15, 0.2) is 16.8 Å². The minimum atomic E-state index is -1.08. The largest absolute Gasteiger partial charge is 0.477 e. The molecule has 0 bridgehead atoms. The Morgan fingerprint density at radius 3 is 2.80 bits per heavy atom. The van der Waals surface area contributed by atoms with Crippen LogP contribution in [0.2, 0.25) is 0 Å². The summed E-state index contributed by atoms with van der Waals surface area (Å²) in [6.45, 7) is 0. The molecule has 1 amide bonds. The molecule has 0 radical (unpaired) electrons. The lowest BCUT2D eigenvalue weighted by Crippen LogP contribution is -2.64. The Morgan fingerprint density at radius 2 is 2.20 bits per heavy atom. The number of amides is 1. The molecule has 108 valence electrons. The van der Waals surface area contributed by atoms with Gasteiger partial charge < -0.3 is 5.11 Å². The van der Waals surface area contributed by atoms with Gasteiger partial charge in [0, 0.05) is 16.8 Å². The highest BCUT2D eigenvalue weighted by Crippen LogP contribution is 2.42. The monoisotopic (exact) mass is 314 g/mol. The van der Waals surface area contributed by atoms with Crippen LogP contribution in [0.5, 0.6) is 0 Å². The number of nitrogens with zero attached hydrogens (tertiary/aromatic N) is 2. The van der Waals surface area contributed by atoms with Crippen LogP contribution in [-0.4, -0.2) is 50.1 Å². The number of hydrogen-bond acceptors (Lipinski definition) is 4. The van der Waals surface area contributed by atoms with E-state index in [0.717, 1.165) is 31.4 Å². The Labute approximate surface area is 126 Å². The molecule has 3 atom stereocenters. The third kappa shape index (κ3) is 2.24. The molecule has 0 spiro atoms. The molecule has 2 aliphatic heterocycles. The Bertz CT molecular complexity index is 512. The standard InChI is InChI=1S/C13H15ClN2O3S/c14-6-8-5-9(13(18)19)16-11(17)10(12(16)20-8)15-7-3-1-2-4-7/h5,8,10,12H,1-4,6H2,(H,18,19)/t8?,10-,12-/m1/s1. The summed E-state index contributed by atoms with van der Waals surface area (Å²) in [7, 11) is 0. The number of carboxylic acid groups (broad SMARTS) is 1. The average Bonchev–Trinajstić information content (AvgIpc) is 2.96. The predicted octanol–water partition coefficient (Wildman–Crippen LogP) is 1.86. The summed E-state index contributed by atoms with van der Waals surface area (Å²) in [5.41, 5.74) is 1.14. The van der Waals surface area contributed by atoms with Crippen LogP contribution >= 0.6 is 23.4 Å². The lowest BCUT2D eigenvalue weighted by Gasteiger charge is -2.48. The van der Waals surface area contributed by atoms with E-state index in [0.29, 0.717) is 5.88 Å². The van der Waals surface area contributed by atoms with Crippen LogP contribution in [0.3, 0.4) is 0 Å². The molecule has 1 N–H and O–H groups in total. The minimum Gasteiger partial charge on any atom is -0.477 e. The molecule has 1 unspecified atom stereocenters. The smallest absolute Gasteiger partial charge is 0.352 e. The van der Waals surface area contributed by atoms with E-state index in [1.165, 1.54) is 16.7 Å². The zero-order valence-corrected chi connectivity index (χ0v) is 12.4. The molecule has 0 aromatic rings. The van der Waals surface area contributed by atoms with Gasteiger partial charge in [0.1, 0.15) is 11.1 Å². The predicted molar refractivity (Wildman–Crippen MR) is 78.1 cm³/mol. The zero-order valence-electron chi connectivity index (χ0n) is 10.8. The van der Waals surface area contributed by atoms with Crippen molar-refractivity contribution in [2.75, 3.05) is 5.88 Å². The van der Waals surface area contributed by atoms with Crippen molar-refractivity contribution in [2.24, 2.45) is 4.99 Å². The molecule has 3 rings (SSSR count). The lowest BCUT2D eigenvalue weighted by atomic mass is 10.0. The van der Waals surface area contributed by atoms with Gasteiger partial charge in [-0.1, -0.05) is 0 Å². The molecule has 5 nitrogen and oxygen atoms in total. The number of hydrogen-bond donors (Lipinski definition) is 1. The fourth-order valence-electron chi connectivity index (χ4n) is 2.80. The van der Waals surface area contributed by atoms with Crippen molar-refractivity contribution < 1.29 is 14.7 Å². The number of thioether (sulfide) groups is 1. The average molecular weight is 315 g/mol. The second kappa shape index (κ2) is 5.41. The van der Waals surface area contributed by atoms with Crippen LogP contribution in [0.4, 0.5) is 0 Å². The molecular formula is C13H15ClN2O3S. The van der Waals surface area contributed by atoms with Crippen molar-refractivity contribution >= 4 is 41.0 Å². The molecule has 0 aromatic heterocycles.